The van der Waals surface area contributed by atoms with Gasteiger partial charge in [-0.2, -0.15) is 0 Å². The molecule has 0 amide bonds. The van der Waals surface area contributed by atoms with Gasteiger partial charge in [0.05, 0.1) is 5.25 Å². The minimum atomic E-state index is -2.95. The summed E-state index contributed by atoms with van der Waals surface area (Å²) in [4.78, 5) is 0. The molecule has 0 saturated heterocycles. The first-order valence-electron chi connectivity index (χ1n) is 7.60. The number of hydrazine groups is 1. The van der Waals surface area contributed by atoms with E-state index in [1.54, 1.807) is 0 Å². The molecule has 3 atom stereocenters. The van der Waals surface area contributed by atoms with Crippen molar-refractivity contribution < 1.29 is 8.42 Å². The number of hydrogen-bond donors (Lipinski definition) is 2. The molecule has 0 aromatic heterocycles. The summed E-state index contributed by atoms with van der Waals surface area (Å²) in [7, 11) is -2.95. The summed E-state index contributed by atoms with van der Waals surface area (Å²) in [6.07, 6.45) is 5.72. The zero-order valence-electron chi connectivity index (χ0n) is 12.9. The van der Waals surface area contributed by atoms with Gasteiger partial charge in [-0.25, -0.2) is 8.42 Å². The van der Waals surface area contributed by atoms with Gasteiger partial charge in [0.15, 0.2) is 0 Å². The fraction of sp³-hybridized carbons (Fsp3) is 0.625. The quantitative estimate of drug-likeness (QED) is 0.644. The van der Waals surface area contributed by atoms with Crippen LogP contribution in [0.15, 0.2) is 24.3 Å². The third-order valence-electron chi connectivity index (χ3n) is 4.59. The molecule has 118 valence electrons. The van der Waals surface area contributed by atoms with E-state index in [0.717, 1.165) is 32.1 Å². The van der Waals surface area contributed by atoms with Crippen LogP contribution in [0.25, 0.3) is 0 Å². The molecule has 0 spiro atoms. The van der Waals surface area contributed by atoms with E-state index in [4.69, 9.17) is 5.84 Å². The van der Waals surface area contributed by atoms with Gasteiger partial charge >= 0.3 is 0 Å². The zero-order chi connectivity index (χ0) is 15.5. The van der Waals surface area contributed by atoms with Crippen LogP contribution >= 0.6 is 0 Å². The van der Waals surface area contributed by atoms with Crippen LogP contribution in [-0.4, -0.2) is 26.0 Å². The summed E-state index contributed by atoms with van der Waals surface area (Å²) in [5, 5.41) is -0.204. The van der Waals surface area contributed by atoms with E-state index in [1.807, 2.05) is 0 Å². The highest BCUT2D eigenvalue weighted by Crippen LogP contribution is 2.31. The van der Waals surface area contributed by atoms with E-state index < -0.39 is 9.84 Å². The molecule has 3 N–H and O–H groups in total. The normalized spacial score (nSPS) is 24.7. The number of rotatable bonds is 5. The molecule has 2 rings (SSSR count). The Labute approximate surface area is 128 Å². The highest BCUT2D eigenvalue weighted by Gasteiger charge is 2.32. The average molecular weight is 310 g/mol. The standard InChI is InChI=1S/C16H26N2O2S/c1-12-5-3-6-13(9-12)10-16(18-17)14-7-4-8-15(11-14)21(2,19)20/h3,5-6,9,14-16,18H,4,7-8,10-11,17H2,1-2H3. The second-order valence-electron chi connectivity index (χ2n) is 6.34. The molecule has 0 heterocycles. The molecule has 1 saturated carbocycles. The third kappa shape index (κ3) is 4.53. The van der Waals surface area contributed by atoms with Gasteiger partial charge in [0.1, 0.15) is 9.84 Å². The molecule has 1 aliphatic rings. The molecule has 0 radical (unpaired) electrons. The van der Waals surface area contributed by atoms with Gasteiger partial charge in [0.25, 0.3) is 0 Å². The van der Waals surface area contributed by atoms with Crippen molar-refractivity contribution in [3.63, 3.8) is 0 Å². The van der Waals surface area contributed by atoms with E-state index in [0.29, 0.717) is 5.92 Å². The molecule has 5 heteroatoms. The van der Waals surface area contributed by atoms with E-state index in [2.05, 4.69) is 36.6 Å². The van der Waals surface area contributed by atoms with E-state index in [1.165, 1.54) is 17.4 Å². The number of sulfone groups is 1. The summed E-state index contributed by atoms with van der Waals surface area (Å²) >= 11 is 0. The number of hydrogen-bond acceptors (Lipinski definition) is 4. The predicted molar refractivity (Wildman–Crippen MR) is 86.6 cm³/mol. The summed E-state index contributed by atoms with van der Waals surface area (Å²) in [5.41, 5.74) is 5.40. The smallest absolute Gasteiger partial charge is 0.150 e. The summed E-state index contributed by atoms with van der Waals surface area (Å²) in [6, 6.07) is 8.54. The van der Waals surface area contributed by atoms with E-state index in [-0.39, 0.29) is 11.3 Å². The fourth-order valence-corrected chi connectivity index (χ4v) is 4.58. The molecule has 0 aliphatic heterocycles. The van der Waals surface area contributed by atoms with Crippen molar-refractivity contribution >= 4 is 9.84 Å². The Balaban J connectivity index is 2.06. The molecule has 0 bridgehead atoms. The van der Waals surface area contributed by atoms with Crippen LogP contribution in [-0.2, 0) is 16.3 Å². The maximum absolute atomic E-state index is 11.8. The van der Waals surface area contributed by atoms with Crippen molar-refractivity contribution in [2.24, 2.45) is 11.8 Å². The van der Waals surface area contributed by atoms with Gasteiger partial charge in [0, 0.05) is 12.3 Å². The number of nitrogens with one attached hydrogen (secondary N) is 1. The van der Waals surface area contributed by atoms with Crippen molar-refractivity contribution in [1.82, 2.24) is 5.43 Å². The number of nitrogens with two attached hydrogens (primary N) is 1. The monoisotopic (exact) mass is 310 g/mol. The Kier molecular flexibility index (Phi) is 5.41. The fourth-order valence-electron chi connectivity index (χ4n) is 3.39. The molecule has 1 aromatic rings. The highest BCUT2D eigenvalue weighted by atomic mass is 32.2. The first-order valence-corrected chi connectivity index (χ1v) is 9.56. The summed E-state index contributed by atoms with van der Waals surface area (Å²) in [5.74, 6) is 6.07. The SMILES string of the molecule is Cc1cccc(CC(NN)C2CCCC(S(C)(=O)=O)C2)c1. The van der Waals surface area contributed by atoms with Crippen molar-refractivity contribution in [3.8, 4) is 0 Å². The Bertz CT molecular complexity index is 571. The van der Waals surface area contributed by atoms with Crippen molar-refractivity contribution in [2.45, 2.75) is 50.3 Å². The van der Waals surface area contributed by atoms with Crippen LogP contribution in [0.2, 0.25) is 0 Å². The largest absolute Gasteiger partial charge is 0.271 e. The minimum Gasteiger partial charge on any atom is -0.271 e. The van der Waals surface area contributed by atoms with Crippen molar-refractivity contribution in [3.05, 3.63) is 35.4 Å². The summed E-state index contributed by atoms with van der Waals surface area (Å²) < 4.78 is 23.6. The topological polar surface area (TPSA) is 72.2 Å². The second kappa shape index (κ2) is 6.90. The van der Waals surface area contributed by atoms with Crippen molar-refractivity contribution in [2.75, 3.05) is 6.26 Å². The maximum Gasteiger partial charge on any atom is 0.150 e. The second-order valence-corrected chi connectivity index (χ2v) is 8.67. The average Bonchev–Trinajstić information content (AvgIpc) is 2.44. The zero-order valence-corrected chi connectivity index (χ0v) is 13.7. The lowest BCUT2D eigenvalue weighted by Gasteiger charge is -2.33. The van der Waals surface area contributed by atoms with Gasteiger partial charge in [0.2, 0.25) is 0 Å². The molecule has 4 nitrogen and oxygen atoms in total. The Hall–Kier alpha value is -0.910. The van der Waals surface area contributed by atoms with Crippen LogP contribution < -0.4 is 11.3 Å². The van der Waals surface area contributed by atoms with Crippen molar-refractivity contribution in [1.29, 1.82) is 0 Å². The lowest BCUT2D eigenvalue weighted by atomic mass is 9.81. The maximum atomic E-state index is 11.8. The molecule has 21 heavy (non-hydrogen) atoms. The van der Waals surface area contributed by atoms with Crippen LogP contribution in [0.5, 0.6) is 0 Å². The Morgan fingerprint density at radius 2 is 2.14 bits per heavy atom. The lowest BCUT2D eigenvalue weighted by molar-refractivity contribution is 0.270. The Morgan fingerprint density at radius 3 is 2.76 bits per heavy atom. The first kappa shape index (κ1) is 16.5. The third-order valence-corrected chi connectivity index (χ3v) is 6.23. The molecule has 1 aromatic carbocycles. The van der Waals surface area contributed by atoms with Crippen LogP contribution in [0, 0.1) is 12.8 Å². The first-order chi connectivity index (χ1) is 9.90. The molecular formula is C16H26N2O2S. The highest BCUT2D eigenvalue weighted by molar-refractivity contribution is 7.91. The van der Waals surface area contributed by atoms with Crippen LogP contribution in [0.4, 0.5) is 0 Å². The minimum absolute atomic E-state index is 0.136. The lowest BCUT2D eigenvalue weighted by Crippen LogP contribution is -2.45. The summed E-state index contributed by atoms with van der Waals surface area (Å²) in [6.45, 7) is 2.08. The molecular weight excluding hydrogens is 284 g/mol. The van der Waals surface area contributed by atoms with Crippen LogP contribution in [0.1, 0.15) is 36.8 Å². The number of aryl methyl sites for hydroxylation is 1. The van der Waals surface area contributed by atoms with Gasteiger partial charge in [-0.3, -0.25) is 11.3 Å². The van der Waals surface area contributed by atoms with Gasteiger partial charge in [-0.05, 0) is 44.1 Å². The van der Waals surface area contributed by atoms with Gasteiger partial charge < -0.3 is 0 Å². The van der Waals surface area contributed by atoms with E-state index >= 15 is 0 Å². The van der Waals surface area contributed by atoms with Gasteiger partial charge in [-0.15, -0.1) is 0 Å². The molecule has 1 aliphatic carbocycles. The van der Waals surface area contributed by atoms with E-state index in [9.17, 15) is 8.42 Å². The van der Waals surface area contributed by atoms with Crippen LogP contribution in [0.3, 0.4) is 0 Å². The number of benzene rings is 1. The molecule has 3 unspecified atom stereocenters. The molecule has 1 fully saturated rings. The Morgan fingerprint density at radius 1 is 1.38 bits per heavy atom. The van der Waals surface area contributed by atoms with Gasteiger partial charge in [-0.1, -0.05) is 36.2 Å². The predicted octanol–water partition coefficient (Wildman–Crippen LogP) is 1.97.